The molecule has 7 nitrogen and oxygen atoms in total. The van der Waals surface area contributed by atoms with E-state index in [2.05, 4.69) is 11.4 Å². The van der Waals surface area contributed by atoms with Crippen LogP contribution in [-0.2, 0) is 33.0 Å². The monoisotopic (exact) mass is 569 g/mol. The zero-order valence-corrected chi connectivity index (χ0v) is 23.6. The van der Waals surface area contributed by atoms with Crippen molar-refractivity contribution in [2.75, 3.05) is 19.7 Å². The van der Waals surface area contributed by atoms with E-state index in [4.69, 9.17) is 38.2 Å². The molecule has 0 bridgehead atoms. The Morgan fingerprint density at radius 3 is 2.22 bits per heavy atom. The summed E-state index contributed by atoms with van der Waals surface area (Å²) in [6, 6.07) is 9.89. The second-order valence-electron chi connectivity index (χ2n) is 9.57. The first-order valence-electron chi connectivity index (χ1n) is 11.9. The van der Waals surface area contributed by atoms with Gasteiger partial charge in [0.2, 0.25) is 0 Å². The Hall–Kier alpha value is -2.26. The molecule has 0 saturated heterocycles. The largest absolute Gasteiger partial charge is 0.484 e. The molecular formula is C27H33Cl2NO6S. The lowest BCUT2D eigenvalue weighted by Gasteiger charge is -2.17. The number of aliphatic carboxylic acids is 2. The van der Waals surface area contributed by atoms with Crippen molar-refractivity contribution in [2.45, 2.75) is 57.1 Å². The number of thioether (sulfide) groups is 1. The Kier molecular flexibility index (Phi) is 12.2. The van der Waals surface area contributed by atoms with Crippen LogP contribution >= 0.6 is 35.0 Å². The van der Waals surface area contributed by atoms with E-state index in [1.165, 1.54) is 16.0 Å². The summed E-state index contributed by atoms with van der Waals surface area (Å²) in [5.74, 6) is -0.803. The van der Waals surface area contributed by atoms with Gasteiger partial charge in [0.1, 0.15) is 12.4 Å². The number of carbonyl (C=O) groups is 3. The molecule has 2 aromatic rings. The summed E-state index contributed by atoms with van der Waals surface area (Å²) < 4.78 is 5.63. The van der Waals surface area contributed by atoms with Crippen molar-refractivity contribution in [3.8, 4) is 5.75 Å². The number of hydrogen-bond donors (Lipinski definition) is 3. The molecule has 1 aliphatic rings. The molecule has 0 radical (unpaired) electrons. The van der Waals surface area contributed by atoms with Gasteiger partial charge in [-0.3, -0.25) is 14.4 Å². The fourth-order valence-corrected chi connectivity index (χ4v) is 5.05. The van der Waals surface area contributed by atoms with Crippen molar-refractivity contribution in [2.24, 2.45) is 5.41 Å². The molecule has 3 rings (SSSR count). The first-order valence-corrected chi connectivity index (χ1v) is 13.6. The highest BCUT2D eigenvalue weighted by Crippen LogP contribution is 2.37. The number of nitrogens with one attached hydrogen (secondary N) is 1. The van der Waals surface area contributed by atoms with Gasteiger partial charge in [0, 0.05) is 16.1 Å². The maximum Gasteiger partial charge on any atom is 0.303 e. The van der Waals surface area contributed by atoms with Crippen LogP contribution in [0, 0.1) is 5.41 Å². The molecule has 1 aliphatic heterocycles. The summed E-state index contributed by atoms with van der Waals surface area (Å²) in [4.78, 5) is 32.5. The summed E-state index contributed by atoms with van der Waals surface area (Å²) in [5.41, 5.74) is 3.41. The Bertz CT molecular complexity index is 1100. The number of carboxylic acids is 2. The standard InChI is InChI=1S/C23H27Cl2NO2S.C4H6O4/c1-23(2,3)21(27)13-28-20-7-4-15(12-19(20)25)14-29-22-17-9-11-26-10-8-16(17)5-6-18(22)24;5-3(6)1-2-4(7)8/h4-7,12,26H,8-11,13-14H2,1-3H3;1-2H2,(H,5,6)(H,7,8). The molecule has 0 unspecified atom stereocenters. The quantitative estimate of drug-likeness (QED) is 0.320. The first-order chi connectivity index (χ1) is 17.4. The highest BCUT2D eigenvalue weighted by Gasteiger charge is 2.22. The second-order valence-corrected chi connectivity index (χ2v) is 11.4. The highest BCUT2D eigenvalue weighted by atomic mass is 35.5. The van der Waals surface area contributed by atoms with Crippen LogP contribution in [0.3, 0.4) is 0 Å². The molecule has 0 amide bonds. The van der Waals surface area contributed by atoms with Gasteiger partial charge in [-0.15, -0.1) is 11.8 Å². The topological polar surface area (TPSA) is 113 Å². The average Bonchev–Trinajstić information content (AvgIpc) is 3.07. The van der Waals surface area contributed by atoms with Gasteiger partial charge in [-0.25, -0.2) is 0 Å². The minimum Gasteiger partial charge on any atom is -0.484 e. The number of rotatable bonds is 9. The molecule has 10 heteroatoms. The zero-order valence-electron chi connectivity index (χ0n) is 21.2. The molecule has 0 aromatic heterocycles. The molecule has 0 saturated carbocycles. The van der Waals surface area contributed by atoms with Crippen LogP contribution in [0.5, 0.6) is 5.75 Å². The van der Waals surface area contributed by atoms with Gasteiger partial charge in [0.25, 0.3) is 0 Å². The maximum absolute atomic E-state index is 12.1. The van der Waals surface area contributed by atoms with E-state index >= 15 is 0 Å². The van der Waals surface area contributed by atoms with Crippen molar-refractivity contribution in [3.05, 3.63) is 57.1 Å². The van der Waals surface area contributed by atoms with Crippen LogP contribution in [0.1, 0.15) is 50.3 Å². The van der Waals surface area contributed by atoms with E-state index in [1.54, 1.807) is 11.8 Å². The van der Waals surface area contributed by atoms with Crippen molar-refractivity contribution in [1.82, 2.24) is 5.32 Å². The molecule has 202 valence electrons. The number of halogens is 2. The molecule has 1 heterocycles. The van der Waals surface area contributed by atoms with Gasteiger partial charge in [-0.1, -0.05) is 56.1 Å². The van der Waals surface area contributed by atoms with Crippen LogP contribution < -0.4 is 10.1 Å². The predicted molar refractivity (Wildman–Crippen MR) is 147 cm³/mol. The van der Waals surface area contributed by atoms with E-state index in [-0.39, 0.29) is 25.2 Å². The van der Waals surface area contributed by atoms with Crippen LogP contribution in [0.25, 0.3) is 0 Å². The second kappa shape index (κ2) is 14.6. The van der Waals surface area contributed by atoms with E-state index in [0.29, 0.717) is 10.8 Å². The minimum atomic E-state index is -1.08. The fraction of sp³-hybridized carbons (Fsp3) is 0.444. The zero-order chi connectivity index (χ0) is 27.6. The Labute approximate surface area is 231 Å². The highest BCUT2D eigenvalue weighted by molar-refractivity contribution is 7.98. The number of benzene rings is 2. The number of hydrogen-bond acceptors (Lipinski definition) is 6. The lowest BCUT2D eigenvalue weighted by atomic mass is 9.91. The Morgan fingerprint density at radius 1 is 0.973 bits per heavy atom. The number of carbonyl (C=O) groups excluding carboxylic acids is 1. The third-order valence-electron chi connectivity index (χ3n) is 5.56. The van der Waals surface area contributed by atoms with Crippen molar-refractivity contribution < 1.29 is 29.3 Å². The number of Topliss-reactive ketones (excluding diaryl/α,β-unsaturated/α-hetero) is 1. The minimum absolute atomic E-state index is 0.0249. The Morgan fingerprint density at radius 2 is 1.62 bits per heavy atom. The summed E-state index contributed by atoms with van der Waals surface area (Å²) in [6.07, 6.45) is 1.43. The maximum atomic E-state index is 12.1. The molecule has 0 spiro atoms. The summed E-state index contributed by atoms with van der Waals surface area (Å²) in [7, 11) is 0. The summed E-state index contributed by atoms with van der Waals surface area (Å²) in [6.45, 7) is 7.65. The van der Waals surface area contributed by atoms with E-state index < -0.39 is 17.4 Å². The number of ether oxygens (including phenoxy) is 1. The molecular weight excluding hydrogens is 537 g/mol. The van der Waals surface area contributed by atoms with Gasteiger partial charge in [-0.2, -0.15) is 0 Å². The van der Waals surface area contributed by atoms with Crippen LogP contribution in [0.2, 0.25) is 10.0 Å². The van der Waals surface area contributed by atoms with Gasteiger partial charge in [-0.05, 0) is 60.8 Å². The number of carboxylic acid groups (broad SMARTS) is 2. The van der Waals surface area contributed by atoms with Crippen LogP contribution in [0.15, 0.2) is 35.2 Å². The summed E-state index contributed by atoms with van der Waals surface area (Å²) in [5, 5.41) is 20.6. The number of ketones is 1. The van der Waals surface area contributed by atoms with Crippen molar-refractivity contribution >= 4 is 52.7 Å². The normalized spacial score (nSPS) is 13.0. The first kappa shape index (κ1) is 31.0. The van der Waals surface area contributed by atoms with E-state index in [1.807, 2.05) is 45.0 Å². The summed E-state index contributed by atoms with van der Waals surface area (Å²) >= 11 is 14.7. The lowest BCUT2D eigenvalue weighted by Crippen LogP contribution is -2.26. The van der Waals surface area contributed by atoms with E-state index in [0.717, 1.165) is 42.3 Å². The van der Waals surface area contributed by atoms with Crippen LogP contribution in [-0.4, -0.2) is 47.6 Å². The van der Waals surface area contributed by atoms with Gasteiger partial charge < -0.3 is 20.3 Å². The SMILES string of the molecule is CC(C)(C)C(=O)COc1ccc(CSc2c(Cl)ccc3c2CCNCC3)cc1Cl.O=C(O)CCC(=O)O. The van der Waals surface area contributed by atoms with Crippen LogP contribution in [0.4, 0.5) is 0 Å². The molecule has 0 fully saturated rings. The van der Waals surface area contributed by atoms with E-state index in [9.17, 15) is 14.4 Å². The van der Waals surface area contributed by atoms with Gasteiger partial charge >= 0.3 is 11.9 Å². The smallest absolute Gasteiger partial charge is 0.303 e. The van der Waals surface area contributed by atoms with Gasteiger partial charge in [0.05, 0.1) is 22.9 Å². The van der Waals surface area contributed by atoms with Crippen molar-refractivity contribution in [1.29, 1.82) is 0 Å². The average molecular weight is 571 g/mol. The molecule has 2 aromatic carbocycles. The lowest BCUT2D eigenvalue weighted by molar-refractivity contribution is -0.143. The molecule has 37 heavy (non-hydrogen) atoms. The third-order valence-corrected chi connectivity index (χ3v) is 7.51. The van der Waals surface area contributed by atoms with Gasteiger partial charge in [0.15, 0.2) is 5.78 Å². The Balaban J connectivity index is 0.000000521. The fourth-order valence-electron chi connectivity index (χ4n) is 3.35. The molecule has 0 atom stereocenters. The molecule has 0 aliphatic carbocycles. The number of fused-ring (bicyclic) bond motifs is 1. The molecule has 3 N–H and O–H groups in total. The van der Waals surface area contributed by atoms with Crippen molar-refractivity contribution in [3.63, 3.8) is 0 Å². The third kappa shape index (κ3) is 10.6. The predicted octanol–water partition coefficient (Wildman–Crippen LogP) is 5.90.